The molecule has 0 saturated carbocycles. The van der Waals surface area contributed by atoms with E-state index in [9.17, 15) is 4.79 Å². The van der Waals surface area contributed by atoms with Crippen molar-refractivity contribution in [1.82, 2.24) is 4.90 Å². The molecule has 1 unspecified atom stereocenters. The van der Waals surface area contributed by atoms with Crippen molar-refractivity contribution in [3.8, 4) is 5.75 Å². The summed E-state index contributed by atoms with van der Waals surface area (Å²) in [7, 11) is 0. The monoisotopic (exact) mass is 359 g/mol. The Bertz CT molecular complexity index is 543. The summed E-state index contributed by atoms with van der Waals surface area (Å²) in [6, 6.07) is 8.48. The van der Waals surface area contributed by atoms with Crippen molar-refractivity contribution in [2.24, 2.45) is 5.92 Å². The number of likely N-dealkylation sites (tertiary alicyclic amines) is 1. The first-order valence-electron chi connectivity index (χ1n) is 10.4. The standard InChI is InChI=1S/C22H33NO3/c1-2-25-21-9-7-18(8-10-21)5-6-19-13-15-23(16-14-19)22(24)12-11-20-4-3-17-26-20/h7-10,19-20H,2-6,11-17H2,1H3. The second kappa shape index (κ2) is 9.96. The summed E-state index contributed by atoms with van der Waals surface area (Å²) in [6.45, 7) is 5.45. The van der Waals surface area contributed by atoms with Crippen LogP contribution in [0.3, 0.4) is 0 Å². The molecule has 0 aromatic heterocycles. The topological polar surface area (TPSA) is 38.8 Å². The van der Waals surface area contributed by atoms with Crippen LogP contribution in [-0.4, -0.2) is 43.2 Å². The highest BCUT2D eigenvalue weighted by molar-refractivity contribution is 5.76. The van der Waals surface area contributed by atoms with Gasteiger partial charge >= 0.3 is 0 Å². The number of carbonyl (C=O) groups is 1. The van der Waals surface area contributed by atoms with Crippen LogP contribution in [0.25, 0.3) is 0 Å². The summed E-state index contributed by atoms with van der Waals surface area (Å²) in [6.07, 6.45) is 8.77. The van der Waals surface area contributed by atoms with Crippen LogP contribution in [0.15, 0.2) is 24.3 Å². The SMILES string of the molecule is CCOc1ccc(CCC2CCN(C(=O)CCC3CCCO3)CC2)cc1. The quantitative estimate of drug-likeness (QED) is 0.698. The van der Waals surface area contributed by atoms with E-state index in [2.05, 4.69) is 29.2 Å². The van der Waals surface area contributed by atoms with Crippen molar-refractivity contribution in [2.75, 3.05) is 26.3 Å². The number of rotatable bonds is 8. The van der Waals surface area contributed by atoms with Crippen molar-refractivity contribution >= 4 is 5.91 Å². The molecule has 2 fully saturated rings. The van der Waals surface area contributed by atoms with Gasteiger partial charge in [0.2, 0.25) is 5.91 Å². The smallest absolute Gasteiger partial charge is 0.222 e. The van der Waals surface area contributed by atoms with Gasteiger partial charge in [0.15, 0.2) is 0 Å². The first-order chi connectivity index (χ1) is 12.7. The molecule has 0 bridgehead atoms. The fourth-order valence-corrected chi connectivity index (χ4v) is 4.08. The molecule has 0 spiro atoms. The lowest BCUT2D eigenvalue weighted by molar-refractivity contribution is -0.133. The molecule has 2 heterocycles. The molecule has 2 aliphatic rings. The van der Waals surface area contributed by atoms with Gasteiger partial charge in [-0.1, -0.05) is 12.1 Å². The predicted octanol–water partition coefficient (Wildman–Crippen LogP) is 4.22. The number of hydrogen-bond donors (Lipinski definition) is 0. The first kappa shape index (κ1) is 19.2. The lowest BCUT2D eigenvalue weighted by atomic mass is 9.90. The predicted molar refractivity (Wildman–Crippen MR) is 103 cm³/mol. The summed E-state index contributed by atoms with van der Waals surface area (Å²) in [4.78, 5) is 14.5. The van der Waals surface area contributed by atoms with Crippen molar-refractivity contribution in [1.29, 1.82) is 0 Å². The molecule has 2 saturated heterocycles. The van der Waals surface area contributed by atoms with Gasteiger partial charge in [-0.2, -0.15) is 0 Å². The molecule has 1 amide bonds. The van der Waals surface area contributed by atoms with Crippen LogP contribution in [0.5, 0.6) is 5.75 Å². The van der Waals surface area contributed by atoms with Crippen molar-refractivity contribution in [3.63, 3.8) is 0 Å². The van der Waals surface area contributed by atoms with Gasteiger partial charge in [0, 0.05) is 26.1 Å². The Morgan fingerprint density at radius 2 is 1.92 bits per heavy atom. The highest BCUT2D eigenvalue weighted by Crippen LogP contribution is 2.24. The molecule has 0 N–H and O–H groups in total. The Labute approximate surface area is 157 Å². The van der Waals surface area contributed by atoms with Crippen LogP contribution in [0.4, 0.5) is 0 Å². The molecule has 0 radical (unpaired) electrons. The number of carbonyl (C=O) groups excluding carboxylic acids is 1. The molecule has 1 aromatic rings. The fourth-order valence-electron chi connectivity index (χ4n) is 4.08. The molecular formula is C22H33NO3. The van der Waals surface area contributed by atoms with Gasteiger partial charge in [0.05, 0.1) is 12.7 Å². The summed E-state index contributed by atoms with van der Waals surface area (Å²) < 4.78 is 11.1. The van der Waals surface area contributed by atoms with Crippen LogP contribution < -0.4 is 4.74 Å². The minimum absolute atomic E-state index is 0.325. The number of hydrogen-bond acceptors (Lipinski definition) is 3. The van der Waals surface area contributed by atoms with Gasteiger partial charge in [-0.05, 0) is 75.5 Å². The van der Waals surface area contributed by atoms with E-state index in [1.54, 1.807) is 0 Å². The Kier molecular flexibility index (Phi) is 7.36. The molecule has 2 aliphatic heterocycles. The maximum absolute atomic E-state index is 12.4. The third kappa shape index (κ3) is 5.73. The van der Waals surface area contributed by atoms with Crippen molar-refractivity contribution in [2.45, 2.75) is 64.4 Å². The van der Waals surface area contributed by atoms with Gasteiger partial charge < -0.3 is 14.4 Å². The number of benzene rings is 1. The molecule has 3 rings (SSSR count). The van der Waals surface area contributed by atoms with Gasteiger partial charge in [-0.25, -0.2) is 0 Å². The lowest BCUT2D eigenvalue weighted by Gasteiger charge is -2.32. The average Bonchev–Trinajstić information content (AvgIpc) is 3.20. The summed E-state index contributed by atoms with van der Waals surface area (Å²) >= 11 is 0. The normalized spacial score (nSPS) is 21.1. The molecule has 4 nitrogen and oxygen atoms in total. The Morgan fingerprint density at radius 3 is 2.58 bits per heavy atom. The molecule has 0 aliphatic carbocycles. The Balaban J connectivity index is 1.33. The number of amides is 1. The van der Waals surface area contributed by atoms with Crippen molar-refractivity contribution in [3.05, 3.63) is 29.8 Å². The van der Waals surface area contributed by atoms with Crippen LogP contribution in [0, 0.1) is 5.92 Å². The van der Waals surface area contributed by atoms with Gasteiger partial charge in [0.25, 0.3) is 0 Å². The van der Waals surface area contributed by atoms with Crippen LogP contribution >= 0.6 is 0 Å². The van der Waals surface area contributed by atoms with Gasteiger partial charge in [-0.3, -0.25) is 4.79 Å². The zero-order valence-electron chi connectivity index (χ0n) is 16.1. The first-order valence-corrected chi connectivity index (χ1v) is 10.4. The molecule has 144 valence electrons. The third-order valence-electron chi connectivity index (χ3n) is 5.75. The summed E-state index contributed by atoms with van der Waals surface area (Å²) in [5.41, 5.74) is 1.38. The minimum atomic E-state index is 0.325. The second-order valence-electron chi connectivity index (χ2n) is 7.61. The Morgan fingerprint density at radius 1 is 1.15 bits per heavy atom. The largest absolute Gasteiger partial charge is 0.494 e. The van der Waals surface area contributed by atoms with E-state index in [0.29, 0.717) is 25.0 Å². The highest BCUT2D eigenvalue weighted by atomic mass is 16.5. The van der Waals surface area contributed by atoms with Crippen LogP contribution in [-0.2, 0) is 16.0 Å². The zero-order valence-corrected chi connectivity index (χ0v) is 16.1. The third-order valence-corrected chi connectivity index (χ3v) is 5.75. The summed E-state index contributed by atoms with van der Waals surface area (Å²) in [5, 5.41) is 0. The van der Waals surface area contributed by atoms with Gasteiger partial charge in [0.1, 0.15) is 5.75 Å². The molecular weight excluding hydrogens is 326 g/mol. The number of ether oxygens (including phenoxy) is 2. The molecule has 1 atom stereocenters. The lowest BCUT2D eigenvalue weighted by Crippen LogP contribution is -2.38. The van der Waals surface area contributed by atoms with E-state index in [4.69, 9.17) is 9.47 Å². The van der Waals surface area contributed by atoms with Crippen LogP contribution in [0.1, 0.15) is 57.4 Å². The van der Waals surface area contributed by atoms with E-state index >= 15 is 0 Å². The zero-order chi connectivity index (χ0) is 18.2. The summed E-state index contributed by atoms with van der Waals surface area (Å²) in [5.74, 6) is 2.01. The average molecular weight is 360 g/mol. The van der Waals surface area contributed by atoms with E-state index in [0.717, 1.165) is 69.9 Å². The van der Waals surface area contributed by atoms with Crippen LogP contribution in [0.2, 0.25) is 0 Å². The van der Waals surface area contributed by atoms with E-state index < -0.39 is 0 Å². The Hall–Kier alpha value is -1.55. The van der Waals surface area contributed by atoms with Gasteiger partial charge in [-0.15, -0.1) is 0 Å². The number of piperidine rings is 1. The number of nitrogens with zero attached hydrogens (tertiary/aromatic N) is 1. The molecule has 26 heavy (non-hydrogen) atoms. The fraction of sp³-hybridized carbons (Fsp3) is 0.682. The number of aryl methyl sites for hydroxylation is 1. The van der Waals surface area contributed by atoms with E-state index in [1.165, 1.54) is 12.0 Å². The maximum Gasteiger partial charge on any atom is 0.222 e. The molecule has 1 aromatic carbocycles. The maximum atomic E-state index is 12.4. The highest BCUT2D eigenvalue weighted by Gasteiger charge is 2.24. The minimum Gasteiger partial charge on any atom is -0.494 e. The second-order valence-corrected chi connectivity index (χ2v) is 7.61. The molecule has 4 heteroatoms. The van der Waals surface area contributed by atoms with E-state index in [-0.39, 0.29) is 0 Å². The van der Waals surface area contributed by atoms with E-state index in [1.807, 2.05) is 6.92 Å². The van der Waals surface area contributed by atoms with Crippen molar-refractivity contribution < 1.29 is 14.3 Å².